The van der Waals surface area contributed by atoms with E-state index < -0.39 is 12.3 Å². The van der Waals surface area contributed by atoms with Crippen LogP contribution >= 0.6 is 0 Å². The van der Waals surface area contributed by atoms with Crippen molar-refractivity contribution in [3.05, 3.63) is 0 Å². The average molecular weight is 266 g/mol. The van der Waals surface area contributed by atoms with Gasteiger partial charge in [-0.05, 0) is 6.42 Å². The van der Waals surface area contributed by atoms with Gasteiger partial charge in [0.1, 0.15) is 6.10 Å². The van der Waals surface area contributed by atoms with Crippen LogP contribution in [0.1, 0.15) is 6.42 Å². The highest BCUT2D eigenvalue weighted by Crippen LogP contribution is 2.08. The fourth-order valence-corrected chi connectivity index (χ4v) is 1.61. The molecule has 0 radical (unpaired) electrons. The molecule has 1 aliphatic heterocycles. The minimum atomic E-state index is -1.81. The number of ether oxygens (including phenoxy) is 3. The van der Waals surface area contributed by atoms with Crippen LogP contribution in [0.5, 0.6) is 0 Å². The van der Waals surface area contributed by atoms with Gasteiger partial charge in [0.15, 0.2) is 0 Å². The largest absolute Gasteiger partial charge is 0.516 e. The minimum Gasteiger partial charge on any atom is -0.449 e. The molecule has 1 heterocycles. The third-order valence-electron chi connectivity index (χ3n) is 1.77. The summed E-state index contributed by atoms with van der Waals surface area (Å²) in [6.45, 7) is 5.03. The van der Waals surface area contributed by atoms with E-state index in [4.69, 9.17) is 19.7 Å². The molecule has 1 aliphatic rings. The van der Waals surface area contributed by atoms with Crippen molar-refractivity contribution >= 4 is 21.8 Å². The Morgan fingerprint density at radius 3 is 2.35 bits per heavy atom. The van der Waals surface area contributed by atoms with Crippen molar-refractivity contribution in [2.45, 2.75) is 25.1 Å². The van der Waals surface area contributed by atoms with Gasteiger partial charge >= 0.3 is 12.3 Å². The minimum absolute atomic E-state index is 0.271. The van der Waals surface area contributed by atoms with E-state index in [0.717, 1.165) is 19.8 Å². The summed E-state index contributed by atoms with van der Waals surface area (Å²) in [6, 6.07) is 1.42. The number of hydrogen-bond donors (Lipinski definition) is 2. The smallest absolute Gasteiger partial charge is 0.449 e. The van der Waals surface area contributed by atoms with E-state index in [2.05, 4.69) is 11.3 Å². The van der Waals surface area contributed by atoms with Crippen LogP contribution in [-0.4, -0.2) is 58.0 Å². The van der Waals surface area contributed by atoms with Gasteiger partial charge in [0.05, 0.1) is 13.2 Å². The van der Waals surface area contributed by atoms with Crippen LogP contribution in [0.2, 0.25) is 12.6 Å². The third-order valence-corrected chi connectivity index (χ3v) is 2.98. The van der Waals surface area contributed by atoms with Gasteiger partial charge in [-0.25, -0.2) is 9.59 Å². The molecule has 1 unspecified atom stereocenters. The molecular formula is C9H18O7Si. The normalized spacial score (nSPS) is 17.4. The number of carbonyl (C=O) groups is 2. The molecule has 0 spiro atoms. The van der Waals surface area contributed by atoms with Crippen molar-refractivity contribution < 1.29 is 34.0 Å². The Kier molecular flexibility index (Phi) is 9.39. The van der Waals surface area contributed by atoms with Gasteiger partial charge in [0, 0.05) is 16.1 Å². The Hall–Kier alpha value is -1.12. The highest BCUT2D eigenvalue weighted by molar-refractivity contribution is 6.33. The second kappa shape index (κ2) is 10.1. The molecule has 0 aromatic carbocycles. The predicted molar refractivity (Wildman–Crippen MR) is 61.5 cm³/mol. The molecule has 1 fully saturated rings. The van der Waals surface area contributed by atoms with Crippen molar-refractivity contribution in [1.82, 2.24) is 0 Å². The molecule has 0 saturated carbocycles. The monoisotopic (exact) mass is 266 g/mol. The second-order valence-electron chi connectivity index (χ2n) is 3.37. The zero-order valence-corrected chi connectivity index (χ0v) is 11.2. The third kappa shape index (κ3) is 14.9. The van der Waals surface area contributed by atoms with Crippen LogP contribution in [0.25, 0.3) is 0 Å². The van der Waals surface area contributed by atoms with Gasteiger partial charge < -0.3 is 24.4 Å². The van der Waals surface area contributed by atoms with Crippen molar-refractivity contribution in [3.8, 4) is 0 Å². The molecule has 7 nitrogen and oxygen atoms in total. The molecule has 2 N–H and O–H groups in total. The summed E-state index contributed by atoms with van der Waals surface area (Å²) in [6.07, 6.45) is -1.92. The summed E-state index contributed by atoms with van der Waals surface area (Å²) in [7, 11) is 0.271. The average Bonchev–Trinajstić information content (AvgIpc) is 3.00. The SMILES string of the molecule is C[SiH2]CCCOCC1CO1.O=C(O)OC(=O)O. The summed E-state index contributed by atoms with van der Waals surface area (Å²) >= 11 is 0. The molecule has 0 aromatic rings. The molecule has 100 valence electrons. The Bertz CT molecular complexity index is 217. The van der Waals surface area contributed by atoms with Crippen LogP contribution in [0, 0.1) is 0 Å². The van der Waals surface area contributed by atoms with Crippen molar-refractivity contribution in [1.29, 1.82) is 0 Å². The summed E-state index contributed by atoms with van der Waals surface area (Å²) in [5, 5.41) is 15.0. The van der Waals surface area contributed by atoms with Crippen molar-refractivity contribution in [3.63, 3.8) is 0 Å². The summed E-state index contributed by atoms with van der Waals surface area (Å²) < 4.78 is 13.4. The lowest BCUT2D eigenvalue weighted by atomic mass is 10.5. The van der Waals surface area contributed by atoms with Crippen LogP contribution in [-0.2, 0) is 14.2 Å². The van der Waals surface area contributed by atoms with Gasteiger partial charge in [0.25, 0.3) is 0 Å². The fourth-order valence-electron chi connectivity index (χ4n) is 0.908. The van der Waals surface area contributed by atoms with Crippen LogP contribution < -0.4 is 0 Å². The van der Waals surface area contributed by atoms with Gasteiger partial charge in [-0.1, -0.05) is 12.6 Å². The maximum atomic E-state index is 9.21. The van der Waals surface area contributed by atoms with Crippen molar-refractivity contribution in [2.75, 3.05) is 19.8 Å². The van der Waals surface area contributed by atoms with E-state index in [0.29, 0.717) is 6.10 Å². The van der Waals surface area contributed by atoms with E-state index in [9.17, 15) is 9.59 Å². The predicted octanol–water partition coefficient (Wildman–Crippen LogP) is 0.786. The zero-order chi connectivity index (χ0) is 13.1. The summed E-state index contributed by atoms with van der Waals surface area (Å²) in [4.78, 5) is 18.4. The summed E-state index contributed by atoms with van der Waals surface area (Å²) in [5.74, 6) is 0. The Morgan fingerprint density at radius 2 is 2.00 bits per heavy atom. The second-order valence-corrected chi connectivity index (χ2v) is 5.08. The highest BCUT2D eigenvalue weighted by Gasteiger charge is 2.21. The Balaban J connectivity index is 0.000000325. The first-order chi connectivity index (χ1) is 8.06. The van der Waals surface area contributed by atoms with Gasteiger partial charge in [-0.2, -0.15) is 0 Å². The molecule has 0 aromatic heterocycles. The lowest BCUT2D eigenvalue weighted by molar-refractivity contribution is 0.0802. The molecule has 8 heteroatoms. The van der Waals surface area contributed by atoms with E-state index in [1.165, 1.54) is 12.5 Å². The first-order valence-corrected chi connectivity index (χ1v) is 7.80. The number of epoxide rings is 1. The molecule has 0 bridgehead atoms. The standard InChI is InChI=1S/C7H16O2Si.C2H2O5/c1-10-4-2-3-8-5-7-6-9-7;3-1(4)7-2(5)6/h7H,2-6,10H2,1H3;(H,3,4)(H,5,6). The first kappa shape index (κ1) is 15.9. The van der Waals surface area contributed by atoms with Crippen LogP contribution in [0.15, 0.2) is 0 Å². The maximum Gasteiger partial charge on any atom is 0.516 e. The quantitative estimate of drug-likeness (QED) is 0.240. The van der Waals surface area contributed by atoms with Gasteiger partial charge in [0.2, 0.25) is 0 Å². The lowest BCUT2D eigenvalue weighted by Gasteiger charge is -1.99. The van der Waals surface area contributed by atoms with E-state index in [-0.39, 0.29) is 9.52 Å². The molecule has 1 rings (SSSR count). The van der Waals surface area contributed by atoms with Crippen molar-refractivity contribution in [2.24, 2.45) is 0 Å². The van der Waals surface area contributed by atoms with Gasteiger partial charge in [-0.15, -0.1) is 0 Å². The zero-order valence-electron chi connectivity index (χ0n) is 9.76. The molecule has 0 aliphatic carbocycles. The lowest BCUT2D eigenvalue weighted by Crippen LogP contribution is -2.05. The van der Waals surface area contributed by atoms with Crippen LogP contribution in [0.3, 0.4) is 0 Å². The molecule has 1 saturated heterocycles. The maximum absolute atomic E-state index is 9.21. The molecule has 1 atom stereocenters. The van der Waals surface area contributed by atoms with E-state index >= 15 is 0 Å². The Labute approximate surface area is 101 Å². The highest BCUT2D eigenvalue weighted by atomic mass is 28.2. The fraction of sp³-hybridized carbons (Fsp3) is 0.778. The molecule has 0 amide bonds. The summed E-state index contributed by atoms with van der Waals surface area (Å²) in [5.41, 5.74) is 0. The topological polar surface area (TPSA) is 106 Å². The number of hydrogen-bond acceptors (Lipinski definition) is 5. The van der Waals surface area contributed by atoms with E-state index in [1.807, 2.05) is 0 Å². The van der Waals surface area contributed by atoms with E-state index in [1.54, 1.807) is 0 Å². The van der Waals surface area contributed by atoms with Gasteiger partial charge in [-0.3, -0.25) is 0 Å². The molecular weight excluding hydrogens is 248 g/mol. The first-order valence-electron chi connectivity index (χ1n) is 5.39. The number of rotatable bonds is 6. The Morgan fingerprint density at radius 1 is 1.41 bits per heavy atom. The molecule has 17 heavy (non-hydrogen) atoms. The number of carboxylic acid groups (broad SMARTS) is 2. The van der Waals surface area contributed by atoms with Crippen LogP contribution in [0.4, 0.5) is 9.59 Å².